The van der Waals surface area contributed by atoms with E-state index in [1.807, 2.05) is 0 Å². The fourth-order valence-corrected chi connectivity index (χ4v) is 4.29. The number of carbonyl (C=O) groups excluding carboxylic acids is 5. The minimum absolute atomic E-state index is 0.00648. The van der Waals surface area contributed by atoms with E-state index in [9.17, 15) is 29.1 Å². The molecule has 0 amide bonds. The molecule has 0 aliphatic heterocycles. The highest BCUT2D eigenvalue weighted by Gasteiger charge is 2.48. The normalized spacial score (nSPS) is 20.3. The number of methoxy groups -OCH3 is 1. The highest BCUT2D eigenvalue weighted by Crippen LogP contribution is 2.34. The van der Waals surface area contributed by atoms with Gasteiger partial charge in [0.1, 0.15) is 23.7 Å². The van der Waals surface area contributed by atoms with Crippen LogP contribution in [-0.2, 0) is 38.2 Å². The lowest BCUT2D eigenvalue weighted by molar-refractivity contribution is -0.185. The standard InChI is InChI=1S/C30H30O11/c1-19(31)38-25-10-6-4-8-21(25)12-14-27(33)40-23-16-24(18-30(36,17-23)29(35)37-3)41-28(34)15-13-22-9-5-7-11-26(22)39-20(2)32/h4-15,23-24,36H,16-18H2,1-3H3/b14-12+,15-13+/t23-,24-/m0/s1. The first-order valence-corrected chi connectivity index (χ1v) is 12.6. The Morgan fingerprint density at radius 2 is 1.17 bits per heavy atom. The van der Waals surface area contributed by atoms with Gasteiger partial charge >= 0.3 is 29.8 Å². The molecule has 0 bridgehead atoms. The molecule has 11 nitrogen and oxygen atoms in total. The monoisotopic (exact) mass is 566 g/mol. The molecule has 216 valence electrons. The van der Waals surface area contributed by atoms with Gasteiger partial charge in [-0.05, 0) is 24.3 Å². The summed E-state index contributed by atoms with van der Waals surface area (Å²) in [6.07, 6.45) is 2.47. The SMILES string of the molecule is COC(=O)C1(O)C[C@@H](OC(=O)/C=C/c2ccccc2OC(C)=O)C[C@H](OC(=O)/C=C/c2ccccc2OC(C)=O)C1. The summed E-state index contributed by atoms with van der Waals surface area (Å²) in [6.45, 7) is 2.50. The van der Waals surface area contributed by atoms with E-state index in [1.54, 1.807) is 48.5 Å². The van der Waals surface area contributed by atoms with E-state index in [0.29, 0.717) is 11.1 Å². The first-order valence-electron chi connectivity index (χ1n) is 12.6. The van der Waals surface area contributed by atoms with Crippen molar-refractivity contribution in [2.24, 2.45) is 0 Å². The second-order valence-corrected chi connectivity index (χ2v) is 9.21. The van der Waals surface area contributed by atoms with Gasteiger partial charge in [0.05, 0.1) is 7.11 Å². The van der Waals surface area contributed by atoms with Crippen molar-refractivity contribution in [3.05, 3.63) is 71.8 Å². The van der Waals surface area contributed by atoms with Crippen molar-refractivity contribution in [2.45, 2.75) is 50.9 Å². The number of hydrogen-bond donors (Lipinski definition) is 1. The van der Waals surface area contributed by atoms with Crippen molar-refractivity contribution in [3.8, 4) is 11.5 Å². The fourth-order valence-electron chi connectivity index (χ4n) is 4.29. The van der Waals surface area contributed by atoms with E-state index < -0.39 is 47.7 Å². The number of hydrogen-bond acceptors (Lipinski definition) is 11. The highest BCUT2D eigenvalue weighted by atomic mass is 16.6. The Morgan fingerprint density at radius 1 is 0.756 bits per heavy atom. The first kappa shape index (κ1) is 30.8. The number of aliphatic hydroxyl groups is 1. The maximum Gasteiger partial charge on any atom is 0.338 e. The summed E-state index contributed by atoms with van der Waals surface area (Å²) in [6, 6.07) is 13.1. The minimum atomic E-state index is -2.07. The van der Waals surface area contributed by atoms with Crippen molar-refractivity contribution < 1.29 is 52.8 Å². The molecule has 1 saturated carbocycles. The van der Waals surface area contributed by atoms with Gasteiger partial charge in [-0.2, -0.15) is 0 Å². The summed E-state index contributed by atoms with van der Waals surface area (Å²) >= 11 is 0. The summed E-state index contributed by atoms with van der Waals surface area (Å²) in [5.41, 5.74) is -1.17. The number of benzene rings is 2. The van der Waals surface area contributed by atoms with Gasteiger partial charge in [0.2, 0.25) is 0 Å². The van der Waals surface area contributed by atoms with Gasteiger partial charge in [-0.15, -0.1) is 0 Å². The van der Waals surface area contributed by atoms with Crippen LogP contribution in [0.15, 0.2) is 60.7 Å². The smallest absolute Gasteiger partial charge is 0.338 e. The maximum atomic E-state index is 12.6. The van der Waals surface area contributed by atoms with Crippen LogP contribution in [0.4, 0.5) is 0 Å². The molecule has 0 unspecified atom stereocenters. The Bertz CT molecular complexity index is 1270. The predicted molar refractivity (Wildman–Crippen MR) is 144 cm³/mol. The summed E-state index contributed by atoms with van der Waals surface area (Å²) in [4.78, 5) is 60.2. The number of rotatable bonds is 9. The van der Waals surface area contributed by atoms with Crippen molar-refractivity contribution in [1.82, 2.24) is 0 Å². The van der Waals surface area contributed by atoms with Crippen LogP contribution in [0.5, 0.6) is 11.5 Å². The van der Waals surface area contributed by atoms with E-state index >= 15 is 0 Å². The Kier molecular flexibility index (Phi) is 10.5. The summed E-state index contributed by atoms with van der Waals surface area (Å²) in [5.74, 6) is -3.11. The highest BCUT2D eigenvalue weighted by molar-refractivity contribution is 5.89. The molecule has 0 aromatic heterocycles. The molecule has 1 N–H and O–H groups in total. The van der Waals surface area contributed by atoms with Crippen molar-refractivity contribution >= 4 is 42.0 Å². The van der Waals surface area contributed by atoms with E-state index in [-0.39, 0.29) is 30.8 Å². The van der Waals surface area contributed by atoms with E-state index in [0.717, 1.165) is 19.3 Å². The van der Waals surface area contributed by atoms with Crippen LogP contribution in [-0.4, -0.2) is 59.9 Å². The summed E-state index contributed by atoms with van der Waals surface area (Å²) in [5, 5.41) is 11.0. The Hall–Kier alpha value is -4.77. The Balaban J connectivity index is 1.71. The zero-order valence-electron chi connectivity index (χ0n) is 22.7. The second kappa shape index (κ2) is 14.0. The van der Waals surface area contributed by atoms with Crippen LogP contribution in [0, 0.1) is 0 Å². The molecule has 0 heterocycles. The predicted octanol–water partition coefficient (Wildman–Crippen LogP) is 3.18. The third-order valence-corrected chi connectivity index (χ3v) is 5.93. The van der Waals surface area contributed by atoms with Gasteiger partial charge in [-0.1, -0.05) is 36.4 Å². The summed E-state index contributed by atoms with van der Waals surface area (Å²) in [7, 11) is 1.10. The largest absolute Gasteiger partial charge is 0.467 e. The maximum absolute atomic E-state index is 12.6. The lowest BCUT2D eigenvalue weighted by Gasteiger charge is -2.37. The average molecular weight is 567 g/mol. The van der Waals surface area contributed by atoms with Crippen LogP contribution in [0.3, 0.4) is 0 Å². The molecular weight excluding hydrogens is 536 g/mol. The van der Waals surface area contributed by atoms with Gasteiger partial charge in [-0.3, -0.25) is 9.59 Å². The van der Waals surface area contributed by atoms with Crippen LogP contribution >= 0.6 is 0 Å². The molecule has 2 aromatic rings. The lowest BCUT2D eigenvalue weighted by Crippen LogP contribution is -2.51. The van der Waals surface area contributed by atoms with Crippen LogP contribution in [0.1, 0.15) is 44.2 Å². The van der Waals surface area contributed by atoms with Gasteiger partial charge < -0.3 is 28.8 Å². The number of esters is 5. The third-order valence-electron chi connectivity index (χ3n) is 5.93. The van der Waals surface area contributed by atoms with Crippen molar-refractivity contribution in [1.29, 1.82) is 0 Å². The molecule has 0 radical (unpaired) electrons. The minimum Gasteiger partial charge on any atom is -0.467 e. The Morgan fingerprint density at radius 3 is 1.56 bits per heavy atom. The number of para-hydroxylation sites is 2. The zero-order valence-corrected chi connectivity index (χ0v) is 22.7. The molecule has 3 rings (SSSR count). The van der Waals surface area contributed by atoms with Crippen LogP contribution in [0.2, 0.25) is 0 Å². The number of ether oxygens (including phenoxy) is 5. The second-order valence-electron chi connectivity index (χ2n) is 9.21. The molecule has 0 saturated heterocycles. The third kappa shape index (κ3) is 9.14. The van der Waals surface area contributed by atoms with E-state index in [4.69, 9.17) is 23.7 Å². The lowest BCUT2D eigenvalue weighted by atomic mass is 9.81. The fraction of sp³-hybridized carbons (Fsp3) is 0.300. The van der Waals surface area contributed by atoms with Crippen molar-refractivity contribution in [2.75, 3.05) is 7.11 Å². The molecule has 1 aliphatic carbocycles. The molecule has 0 spiro atoms. The molecule has 2 aromatic carbocycles. The molecule has 41 heavy (non-hydrogen) atoms. The topological polar surface area (TPSA) is 152 Å². The van der Waals surface area contributed by atoms with Gasteiger partial charge in [0.15, 0.2) is 5.60 Å². The van der Waals surface area contributed by atoms with Crippen LogP contribution in [0.25, 0.3) is 12.2 Å². The molecular formula is C30H30O11. The van der Waals surface area contributed by atoms with E-state index in [1.165, 1.54) is 26.0 Å². The number of carbonyl (C=O) groups is 5. The molecule has 1 aliphatic rings. The zero-order chi connectivity index (χ0) is 30.0. The average Bonchev–Trinajstić information content (AvgIpc) is 2.90. The molecule has 2 atom stereocenters. The van der Waals surface area contributed by atoms with Crippen LogP contribution < -0.4 is 9.47 Å². The first-order chi connectivity index (χ1) is 19.5. The van der Waals surface area contributed by atoms with E-state index in [2.05, 4.69) is 0 Å². The quantitative estimate of drug-likeness (QED) is 0.206. The van der Waals surface area contributed by atoms with Gasteiger partial charge in [0, 0.05) is 56.4 Å². The Labute approximate surface area is 236 Å². The van der Waals surface area contributed by atoms with Gasteiger partial charge in [0.25, 0.3) is 0 Å². The molecule has 11 heteroatoms. The van der Waals surface area contributed by atoms with Crippen molar-refractivity contribution in [3.63, 3.8) is 0 Å². The molecule has 1 fully saturated rings. The van der Waals surface area contributed by atoms with Gasteiger partial charge in [-0.25, -0.2) is 14.4 Å². The summed E-state index contributed by atoms with van der Waals surface area (Å²) < 4.78 is 25.9.